The van der Waals surface area contributed by atoms with Gasteiger partial charge in [-0.3, -0.25) is 4.79 Å². The third-order valence-corrected chi connectivity index (χ3v) is 4.13. The summed E-state index contributed by atoms with van der Waals surface area (Å²) in [5.41, 5.74) is 1.31. The maximum absolute atomic E-state index is 12.1. The molecule has 0 aliphatic carbocycles. The molecule has 1 atom stereocenters. The van der Waals surface area contributed by atoms with E-state index in [0.717, 1.165) is 18.7 Å². The monoisotopic (exact) mass is 336 g/mol. The lowest BCUT2D eigenvalue weighted by molar-refractivity contribution is 0.0935. The summed E-state index contributed by atoms with van der Waals surface area (Å²) < 4.78 is 0. The van der Waals surface area contributed by atoms with Gasteiger partial charge >= 0.3 is 0 Å². The molecule has 1 unspecified atom stereocenters. The highest BCUT2D eigenvalue weighted by Crippen LogP contribution is 2.31. The van der Waals surface area contributed by atoms with Crippen molar-refractivity contribution < 1.29 is 4.79 Å². The molecular formula is C15H14Cl2N4O. The molecule has 1 aliphatic rings. The van der Waals surface area contributed by atoms with Crippen molar-refractivity contribution in [2.45, 2.75) is 12.5 Å². The molecular weight excluding hydrogens is 323 g/mol. The average Bonchev–Trinajstić information content (AvgIpc) is 2.96. The van der Waals surface area contributed by atoms with Crippen LogP contribution < -0.4 is 10.2 Å². The minimum atomic E-state index is -0.184. The van der Waals surface area contributed by atoms with Gasteiger partial charge in [-0.2, -0.15) is 0 Å². The van der Waals surface area contributed by atoms with Crippen LogP contribution in [0.25, 0.3) is 0 Å². The van der Waals surface area contributed by atoms with Crippen molar-refractivity contribution in [3.05, 3.63) is 52.5 Å². The fourth-order valence-electron chi connectivity index (χ4n) is 2.52. The maximum atomic E-state index is 12.1. The first-order valence-corrected chi connectivity index (χ1v) is 7.66. The van der Waals surface area contributed by atoms with Crippen molar-refractivity contribution in [2.24, 2.45) is 0 Å². The van der Waals surface area contributed by atoms with Gasteiger partial charge in [0.1, 0.15) is 12.0 Å². The molecule has 1 aromatic carbocycles. The van der Waals surface area contributed by atoms with Gasteiger partial charge in [-0.25, -0.2) is 9.97 Å². The minimum absolute atomic E-state index is 0.0641. The minimum Gasteiger partial charge on any atom is -0.368 e. The molecule has 0 bridgehead atoms. The Hall–Kier alpha value is -1.85. The Kier molecular flexibility index (Phi) is 4.45. The normalized spacial score (nSPS) is 17.5. The Morgan fingerprint density at radius 1 is 1.32 bits per heavy atom. The summed E-state index contributed by atoms with van der Waals surface area (Å²) in [6.07, 6.45) is 3.77. The molecule has 3 rings (SSSR count). The fourth-order valence-corrected chi connectivity index (χ4v) is 3.05. The molecule has 1 aromatic heterocycles. The summed E-state index contributed by atoms with van der Waals surface area (Å²) in [6.45, 7) is 1.54. The first-order valence-electron chi connectivity index (χ1n) is 6.90. The molecule has 1 saturated heterocycles. The van der Waals surface area contributed by atoms with Gasteiger partial charge in [-0.1, -0.05) is 23.2 Å². The highest BCUT2D eigenvalue weighted by Gasteiger charge is 2.25. The van der Waals surface area contributed by atoms with E-state index in [4.69, 9.17) is 23.2 Å². The molecule has 2 heterocycles. The van der Waals surface area contributed by atoms with Crippen molar-refractivity contribution in [1.29, 1.82) is 0 Å². The number of amides is 1. The van der Waals surface area contributed by atoms with Gasteiger partial charge in [0.05, 0.1) is 10.7 Å². The highest BCUT2D eigenvalue weighted by atomic mass is 35.5. The van der Waals surface area contributed by atoms with Crippen molar-refractivity contribution >= 4 is 34.8 Å². The highest BCUT2D eigenvalue weighted by molar-refractivity contribution is 6.36. The molecule has 7 heteroatoms. The number of nitrogens with zero attached hydrogens (tertiary/aromatic N) is 3. The molecule has 1 fully saturated rings. The zero-order valence-electron chi connectivity index (χ0n) is 11.7. The first-order chi connectivity index (χ1) is 10.6. The number of carbonyl (C=O) groups excluding carboxylic acids is 1. The number of aromatic nitrogens is 2. The van der Waals surface area contributed by atoms with Crippen LogP contribution in [0.5, 0.6) is 0 Å². The standard InChI is InChI=1S/C15H14Cl2N4O/c16-10-1-2-14(12(17)7-10)21-6-4-11(8-21)20-15(22)13-3-5-18-9-19-13/h1-3,5,7,9,11H,4,6,8H2,(H,20,22). The summed E-state index contributed by atoms with van der Waals surface area (Å²) >= 11 is 12.1. The van der Waals surface area contributed by atoms with Crippen LogP contribution in [0.1, 0.15) is 16.9 Å². The van der Waals surface area contributed by atoms with Gasteiger partial charge < -0.3 is 10.2 Å². The molecule has 0 spiro atoms. The number of hydrogen-bond acceptors (Lipinski definition) is 4. The lowest BCUT2D eigenvalue weighted by atomic mass is 10.2. The van der Waals surface area contributed by atoms with Crippen molar-refractivity contribution in [3.8, 4) is 0 Å². The molecule has 0 saturated carbocycles. The number of carbonyl (C=O) groups is 1. The molecule has 1 aliphatic heterocycles. The number of rotatable bonds is 3. The van der Waals surface area contributed by atoms with Crippen LogP contribution in [0.2, 0.25) is 10.0 Å². The molecule has 1 amide bonds. The van der Waals surface area contributed by atoms with E-state index in [1.165, 1.54) is 6.33 Å². The van der Waals surface area contributed by atoms with E-state index < -0.39 is 0 Å². The number of halogens is 2. The quantitative estimate of drug-likeness (QED) is 0.936. The maximum Gasteiger partial charge on any atom is 0.270 e. The van der Waals surface area contributed by atoms with Crippen LogP contribution in [0.4, 0.5) is 5.69 Å². The SMILES string of the molecule is O=C(NC1CCN(c2ccc(Cl)cc2Cl)C1)c1ccncn1. The lowest BCUT2D eigenvalue weighted by Gasteiger charge is -2.20. The third kappa shape index (κ3) is 3.31. The second-order valence-corrected chi connectivity index (χ2v) is 5.94. The second kappa shape index (κ2) is 6.50. The molecule has 22 heavy (non-hydrogen) atoms. The molecule has 114 valence electrons. The summed E-state index contributed by atoms with van der Waals surface area (Å²) in [5.74, 6) is -0.184. The van der Waals surface area contributed by atoms with E-state index in [2.05, 4.69) is 20.2 Å². The van der Waals surface area contributed by atoms with Gasteiger partial charge in [-0.15, -0.1) is 0 Å². The Bertz CT molecular complexity index is 680. The Balaban J connectivity index is 1.64. The molecule has 1 N–H and O–H groups in total. The second-order valence-electron chi connectivity index (χ2n) is 5.10. The number of anilines is 1. The van der Waals surface area contributed by atoms with E-state index >= 15 is 0 Å². The molecule has 5 nitrogen and oxygen atoms in total. The summed E-state index contributed by atoms with van der Waals surface area (Å²) in [4.78, 5) is 22.0. The summed E-state index contributed by atoms with van der Waals surface area (Å²) in [7, 11) is 0. The van der Waals surface area contributed by atoms with Gasteiger partial charge in [0.15, 0.2) is 0 Å². The third-order valence-electron chi connectivity index (χ3n) is 3.59. The van der Waals surface area contributed by atoms with E-state index in [1.54, 1.807) is 18.3 Å². The van der Waals surface area contributed by atoms with E-state index in [9.17, 15) is 4.79 Å². The summed E-state index contributed by atoms with van der Waals surface area (Å²) in [6, 6.07) is 7.10. The first kappa shape index (κ1) is 15.1. The van der Waals surface area contributed by atoms with Gasteiger partial charge in [0.2, 0.25) is 0 Å². The Labute approximate surface area is 138 Å². The predicted molar refractivity (Wildman–Crippen MR) is 86.6 cm³/mol. The van der Waals surface area contributed by atoms with Crippen LogP contribution in [-0.4, -0.2) is 35.0 Å². The molecule has 2 aromatic rings. The van der Waals surface area contributed by atoms with Gasteiger partial charge in [-0.05, 0) is 30.7 Å². The Morgan fingerprint density at radius 2 is 2.18 bits per heavy atom. The van der Waals surface area contributed by atoms with Crippen molar-refractivity contribution in [3.63, 3.8) is 0 Å². The van der Waals surface area contributed by atoms with Crippen molar-refractivity contribution in [2.75, 3.05) is 18.0 Å². The largest absolute Gasteiger partial charge is 0.368 e. The average molecular weight is 337 g/mol. The number of nitrogens with one attached hydrogen (secondary N) is 1. The van der Waals surface area contributed by atoms with Crippen LogP contribution in [0.3, 0.4) is 0 Å². The lowest BCUT2D eigenvalue weighted by Crippen LogP contribution is -2.37. The smallest absolute Gasteiger partial charge is 0.270 e. The topological polar surface area (TPSA) is 58.1 Å². The Morgan fingerprint density at radius 3 is 2.91 bits per heavy atom. The van der Waals surface area contributed by atoms with Crippen molar-refractivity contribution in [1.82, 2.24) is 15.3 Å². The van der Waals surface area contributed by atoms with Gasteiger partial charge in [0, 0.05) is 30.4 Å². The predicted octanol–water partition coefficient (Wildman–Crippen LogP) is 2.79. The van der Waals surface area contributed by atoms with Crippen LogP contribution in [-0.2, 0) is 0 Å². The summed E-state index contributed by atoms with van der Waals surface area (Å²) in [5, 5.41) is 4.22. The van der Waals surface area contributed by atoms with E-state index in [-0.39, 0.29) is 11.9 Å². The van der Waals surface area contributed by atoms with Gasteiger partial charge in [0.25, 0.3) is 5.91 Å². The van der Waals surface area contributed by atoms with Crippen LogP contribution >= 0.6 is 23.2 Å². The van der Waals surface area contributed by atoms with Crippen LogP contribution in [0, 0.1) is 0 Å². The number of hydrogen-bond donors (Lipinski definition) is 1. The van der Waals surface area contributed by atoms with E-state index in [1.807, 2.05) is 12.1 Å². The van der Waals surface area contributed by atoms with Crippen LogP contribution in [0.15, 0.2) is 36.8 Å². The number of benzene rings is 1. The molecule has 0 radical (unpaired) electrons. The van der Waals surface area contributed by atoms with E-state index in [0.29, 0.717) is 22.3 Å². The zero-order valence-corrected chi connectivity index (χ0v) is 13.2. The zero-order chi connectivity index (χ0) is 15.5. The fraction of sp³-hybridized carbons (Fsp3) is 0.267.